The van der Waals surface area contributed by atoms with Crippen LogP contribution in [0.15, 0.2) is 36.7 Å². The number of ketones is 1. The minimum absolute atomic E-state index is 0.224. The van der Waals surface area contributed by atoms with Gasteiger partial charge in [0.15, 0.2) is 0 Å². The Morgan fingerprint density at radius 2 is 1.81 bits per heavy atom. The van der Waals surface area contributed by atoms with E-state index in [9.17, 15) is 4.79 Å². The minimum atomic E-state index is -0.224. The lowest BCUT2D eigenvalue weighted by Gasteiger charge is -2.12. The molecule has 0 saturated heterocycles. The summed E-state index contributed by atoms with van der Waals surface area (Å²) in [4.78, 5) is 16.7. The van der Waals surface area contributed by atoms with E-state index in [4.69, 9.17) is 14.2 Å². The Morgan fingerprint density at radius 3 is 2.38 bits per heavy atom. The van der Waals surface area contributed by atoms with E-state index in [0.717, 1.165) is 0 Å². The molecule has 5 heteroatoms. The van der Waals surface area contributed by atoms with E-state index < -0.39 is 0 Å². The summed E-state index contributed by atoms with van der Waals surface area (Å²) in [5, 5.41) is 0. The first kappa shape index (κ1) is 14.8. The highest BCUT2D eigenvalue weighted by atomic mass is 16.5. The van der Waals surface area contributed by atoms with Gasteiger partial charge in [-0.3, -0.25) is 9.78 Å². The number of hydrogen-bond acceptors (Lipinski definition) is 5. The summed E-state index contributed by atoms with van der Waals surface area (Å²) in [7, 11) is 3.03. The van der Waals surface area contributed by atoms with Crippen LogP contribution in [-0.2, 0) is 0 Å². The van der Waals surface area contributed by atoms with E-state index in [-0.39, 0.29) is 5.78 Å². The quantitative estimate of drug-likeness (QED) is 0.765. The van der Waals surface area contributed by atoms with E-state index >= 15 is 0 Å². The predicted octanol–water partition coefficient (Wildman–Crippen LogP) is 2.73. The van der Waals surface area contributed by atoms with E-state index in [1.54, 1.807) is 30.5 Å². The molecule has 0 aliphatic carbocycles. The molecule has 0 aliphatic heterocycles. The fraction of sp³-hybridized carbons (Fsp3) is 0.250. The zero-order chi connectivity index (χ0) is 15.2. The second-order valence-corrected chi connectivity index (χ2v) is 4.21. The molecule has 0 radical (unpaired) electrons. The van der Waals surface area contributed by atoms with Crippen LogP contribution in [0.3, 0.4) is 0 Å². The number of aromatic nitrogens is 1. The van der Waals surface area contributed by atoms with Gasteiger partial charge in [-0.1, -0.05) is 6.07 Å². The van der Waals surface area contributed by atoms with E-state index in [1.807, 2.05) is 6.92 Å². The molecule has 5 nitrogen and oxygen atoms in total. The summed E-state index contributed by atoms with van der Waals surface area (Å²) in [6, 6.07) is 6.86. The Kier molecular flexibility index (Phi) is 4.77. The van der Waals surface area contributed by atoms with Gasteiger partial charge in [0, 0.05) is 11.8 Å². The SMILES string of the molecule is CCOc1cncc(C(=O)c2c(OC)cccc2OC)c1. The summed E-state index contributed by atoms with van der Waals surface area (Å²) < 4.78 is 15.9. The first-order valence-corrected chi connectivity index (χ1v) is 6.54. The van der Waals surface area contributed by atoms with Crippen molar-refractivity contribution in [3.8, 4) is 17.2 Å². The lowest BCUT2D eigenvalue weighted by Crippen LogP contribution is -2.07. The van der Waals surface area contributed by atoms with Crippen molar-refractivity contribution in [2.75, 3.05) is 20.8 Å². The molecule has 0 spiro atoms. The topological polar surface area (TPSA) is 57.7 Å². The third-order valence-electron chi connectivity index (χ3n) is 2.94. The number of pyridine rings is 1. The highest BCUT2D eigenvalue weighted by molar-refractivity contribution is 6.12. The Hall–Kier alpha value is -2.56. The lowest BCUT2D eigenvalue weighted by atomic mass is 10.0. The van der Waals surface area contributed by atoms with Crippen molar-refractivity contribution >= 4 is 5.78 Å². The van der Waals surface area contributed by atoms with Gasteiger partial charge in [0.2, 0.25) is 5.78 Å². The van der Waals surface area contributed by atoms with Gasteiger partial charge in [0.1, 0.15) is 22.8 Å². The standard InChI is InChI=1S/C16H17NO4/c1-4-21-12-8-11(9-17-10-12)16(18)15-13(19-2)6-5-7-14(15)20-3/h5-10H,4H2,1-3H3. The van der Waals surface area contributed by atoms with Crippen LogP contribution in [0.1, 0.15) is 22.8 Å². The van der Waals surface area contributed by atoms with Crippen molar-refractivity contribution in [2.45, 2.75) is 6.92 Å². The number of rotatable bonds is 6. The number of hydrogen-bond donors (Lipinski definition) is 0. The highest BCUT2D eigenvalue weighted by Crippen LogP contribution is 2.31. The largest absolute Gasteiger partial charge is 0.496 e. The Bertz CT molecular complexity index is 618. The fourth-order valence-corrected chi connectivity index (χ4v) is 2.01. The zero-order valence-electron chi connectivity index (χ0n) is 12.3. The van der Waals surface area contributed by atoms with Crippen molar-refractivity contribution < 1.29 is 19.0 Å². The van der Waals surface area contributed by atoms with Gasteiger partial charge in [-0.2, -0.15) is 0 Å². The third-order valence-corrected chi connectivity index (χ3v) is 2.94. The van der Waals surface area contributed by atoms with E-state index in [2.05, 4.69) is 4.98 Å². The Labute approximate surface area is 123 Å². The summed E-state index contributed by atoms with van der Waals surface area (Å²) in [6.45, 7) is 2.38. The van der Waals surface area contributed by atoms with E-state index in [1.165, 1.54) is 20.4 Å². The predicted molar refractivity (Wildman–Crippen MR) is 78.4 cm³/mol. The number of ether oxygens (including phenoxy) is 3. The molecule has 2 aromatic rings. The molecule has 0 aliphatic rings. The van der Waals surface area contributed by atoms with Crippen molar-refractivity contribution in [2.24, 2.45) is 0 Å². The maximum Gasteiger partial charge on any atom is 0.202 e. The monoisotopic (exact) mass is 287 g/mol. The second kappa shape index (κ2) is 6.74. The maximum atomic E-state index is 12.7. The molecule has 21 heavy (non-hydrogen) atoms. The van der Waals surface area contributed by atoms with Crippen LogP contribution in [0.4, 0.5) is 0 Å². The first-order valence-electron chi connectivity index (χ1n) is 6.54. The van der Waals surface area contributed by atoms with Crippen molar-refractivity contribution in [1.29, 1.82) is 0 Å². The summed E-state index contributed by atoms with van der Waals surface area (Å²) in [5.74, 6) is 1.25. The number of carbonyl (C=O) groups excluding carboxylic acids is 1. The lowest BCUT2D eigenvalue weighted by molar-refractivity contribution is 0.103. The van der Waals surface area contributed by atoms with Gasteiger partial charge in [-0.15, -0.1) is 0 Å². The molecule has 1 heterocycles. The molecule has 110 valence electrons. The van der Waals surface area contributed by atoms with Crippen LogP contribution in [0.25, 0.3) is 0 Å². The minimum Gasteiger partial charge on any atom is -0.496 e. The molecule has 0 N–H and O–H groups in total. The van der Waals surface area contributed by atoms with Crippen LogP contribution in [-0.4, -0.2) is 31.6 Å². The average Bonchev–Trinajstić information content (AvgIpc) is 2.54. The molecule has 0 fully saturated rings. The molecule has 1 aromatic heterocycles. The highest BCUT2D eigenvalue weighted by Gasteiger charge is 2.20. The number of nitrogens with zero attached hydrogens (tertiary/aromatic N) is 1. The van der Waals surface area contributed by atoms with Gasteiger partial charge < -0.3 is 14.2 Å². The van der Waals surface area contributed by atoms with Crippen molar-refractivity contribution in [1.82, 2.24) is 4.98 Å². The molecule has 0 bridgehead atoms. The summed E-state index contributed by atoms with van der Waals surface area (Å²) >= 11 is 0. The number of benzene rings is 1. The first-order chi connectivity index (χ1) is 10.2. The fourth-order valence-electron chi connectivity index (χ4n) is 2.01. The van der Waals surface area contributed by atoms with Gasteiger partial charge in [-0.05, 0) is 25.1 Å². The number of methoxy groups -OCH3 is 2. The Balaban J connectivity index is 2.46. The van der Waals surface area contributed by atoms with Crippen molar-refractivity contribution in [3.63, 3.8) is 0 Å². The molecular weight excluding hydrogens is 270 g/mol. The molecule has 0 amide bonds. The van der Waals surface area contributed by atoms with Crippen molar-refractivity contribution in [3.05, 3.63) is 47.8 Å². The van der Waals surface area contributed by atoms with Crippen LogP contribution < -0.4 is 14.2 Å². The van der Waals surface area contributed by atoms with Crippen LogP contribution in [0.5, 0.6) is 17.2 Å². The second-order valence-electron chi connectivity index (χ2n) is 4.21. The van der Waals surface area contributed by atoms with Gasteiger partial charge in [0.05, 0.1) is 27.0 Å². The summed E-state index contributed by atoms with van der Waals surface area (Å²) in [6.07, 6.45) is 3.07. The average molecular weight is 287 g/mol. The normalized spacial score (nSPS) is 10.0. The zero-order valence-corrected chi connectivity index (χ0v) is 12.3. The molecular formula is C16H17NO4. The van der Waals surface area contributed by atoms with Gasteiger partial charge in [-0.25, -0.2) is 0 Å². The van der Waals surface area contributed by atoms with Gasteiger partial charge in [0.25, 0.3) is 0 Å². The maximum absolute atomic E-state index is 12.7. The van der Waals surface area contributed by atoms with Crippen LogP contribution >= 0.6 is 0 Å². The number of carbonyl (C=O) groups is 1. The smallest absolute Gasteiger partial charge is 0.202 e. The van der Waals surface area contributed by atoms with Crippen LogP contribution in [0, 0.1) is 0 Å². The summed E-state index contributed by atoms with van der Waals surface area (Å²) in [5.41, 5.74) is 0.793. The van der Waals surface area contributed by atoms with E-state index in [0.29, 0.717) is 35.0 Å². The molecule has 1 aromatic carbocycles. The Morgan fingerprint density at radius 1 is 1.14 bits per heavy atom. The molecule has 2 rings (SSSR count). The third kappa shape index (κ3) is 3.13. The molecule has 0 atom stereocenters. The molecule has 0 saturated carbocycles. The van der Waals surface area contributed by atoms with Crippen LogP contribution in [0.2, 0.25) is 0 Å². The van der Waals surface area contributed by atoms with Gasteiger partial charge >= 0.3 is 0 Å². The molecule has 0 unspecified atom stereocenters.